The van der Waals surface area contributed by atoms with E-state index in [0.717, 1.165) is 22.9 Å². The van der Waals surface area contributed by atoms with Crippen molar-refractivity contribution in [3.63, 3.8) is 0 Å². The standard InChI is InChI=1S/C11H13BrClFO/c1-15-7-9(13)3-2-8-6-10(14)4-5-11(8)12/h4-6,9H,2-3,7H2,1H3. The smallest absolute Gasteiger partial charge is 0.123 e. The normalized spacial score (nSPS) is 12.8. The molecule has 0 fully saturated rings. The number of halogens is 3. The zero-order valence-corrected chi connectivity index (χ0v) is 10.8. The molecule has 4 heteroatoms. The van der Waals surface area contributed by atoms with E-state index in [-0.39, 0.29) is 11.2 Å². The van der Waals surface area contributed by atoms with Gasteiger partial charge in [0.1, 0.15) is 5.82 Å². The van der Waals surface area contributed by atoms with E-state index in [2.05, 4.69) is 15.9 Å². The van der Waals surface area contributed by atoms with Gasteiger partial charge in [0.05, 0.1) is 12.0 Å². The Kier molecular flexibility index (Phi) is 5.58. The second-order valence-electron chi connectivity index (χ2n) is 3.33. The highest BCUT2D eigenvalue weighted by Gasteiger charge is 2.07. The molecule has 84 valence electrons. The zero-order chi connectivity index (χ0) is 11.3. The first-order chi connectivity index (χ1) is 7.13. The summed E-state index contributed by atoms with van der Waals surface area (Å²) in [7, 11) is 1.62. The maximum atomic E-state index is 12.9. The van der Waals surface area contributed by atoms with Crippen molar-refractivity contribution in [2.24, 2.45) is 0 Å². The molecule has 0 aliphatic carbocycles. The third-order valence-corrected chi connectivity index (χ3v) is 3.20. The number of hydrogen-bond acceptors (Lipinski definition) is 1. The van der Waals surface area contributed by atoms with E-state index in [1.54, 1.807) is 13.2 Å². The molecule has 0 N–H and O–H groups in total. The maximum Gasteiger partial charge on any atom is 0.123 e. The Bertz CT molecular complexity index is 319. The fourth-order valence-electron chi connectivity index (χ4n) is 1.31. The molecular weight excluding hydrogens is 282 g/mol. The van der Waals surface area contributed by atoms with Crippen LogP contribution in [-0.4, -0.2) is 19.1 Å². The highest BCUT2D eigenvalue weighted by atomic mass is 79.9. The van der Waals surface area contributed by atoms with Gasteiger partial charge in [-0.1, -0.05) is 15.9 Å². The molecule has 0 saturated carbocycles. The Morgan fingerprint density at radius 2 is 2.27 bits per heavy atom. The summed E-state index contributed by atoms with van der Waals surface area (Å²) >= 11 is 9.37. The number of methoxy groups -OCH3 is 1. The lowest BCUT2D eigenvalue weighted by atomic mass is 10.1. The Labute approximate surface area is 103 Å². The van der Waals surface area contributed by atoms with Crippen molar-refractivity contribution in [3.05, 3.63) is 34.1 Å². The third-order valence-electron chi connectivity index (χ3n) is 2.08. The Hall–Kier alpha value is -0.120. The average molecular weight is 296 g/mol. The maximum absolute atomic E-state index is 12.9. The molecule has 0 aliphatic rings. The molecule has 0 amide bonds. The molecule has 0 saturated heterocycles. The highest BCUT2D eigenvalue weighted by Crippen LogP contribution is 2.20. The van der Waals surface area contributed by atoms with Crippen LogP contribution in [0, 0.1) is 5.82 Å². The number of rotatable bonds is 5. The lowest BCUT2D eigenvalue weighted by Gasteiger charge is -2.09. The summed E-state index contributed by atoms with van der Waals surface area (Å²) in [6.07, 6.45) is 1.52. The van der Waals surface area contributed by atoms with Crippen molar-refractivity contribution in [3.8, 4) is 0 Å². The number of ether oxygens (including phenoxy) is 1. The van der Waals surface area contributed by atoms with Gasteiger partial charge in [-0.05, 0) is 36.6 Å². The summed E-state index contributed by atoms with van der Waals surface area (Å²) in [6.45, 7) is 0.522. The quantitative estimate of drug-likeness (QED) is 0.751. The van der Waals surface area contributed by atoms with Crippen LogP contribution in [-0.2, 0) is 11.2 Å². The molecule has 0 bridgehead atoms. The summed E-state index contributed by atoms with van der Waals surface area (Å²) in [5.74, 6) is -0.217. The van der Waals surface area contributed by atoms with Gasteiger partial charge in [0, 0.05) is 11.6 Å². The minimum absolute atomic E-state index is 0.0230. The van der Waals surface area contributed by atoms with E-state index in [9.17, 15) is 4.39 Å². The molecule has 0 spiro atoms. The predicted molar refractivity (Wildman–Crippen MR) is 63.9 cm³/mol. The van der Waals surface area contributed by atoms with Crippen LogP contribution in [0.3, 0.4) is 0 Å². The molecular formula is C11H13BrClFO. The molecule has 15 heavy (non-hydrogen) atoms. The molecule has 1 atom stereocenters. The number of benzene rings is 1. The van der Waals surface area contributed by atoms with Crippen molar-refractivity contribution in [1.82, 2.24) is 0 Å². The second kappa shape index (κ2) is 6.46. The van der Waals surface area contributed by atoms with Gasteiger partial charge in [0.15, 0.2) is 0 Å². The predicted octanol–water partition coefficient (Wildman–Crippen LogP) is 3.77. The number of alkyl halides is 1. The topological polar surface area (TPSA) is 9.23 Å². The molecule has 0 heterocycles. The Morgan fingerprint density at radius 3 is 2.93 bits per heavy atom. The van der Waals surface area contributed by atoms with E-state index in [1.807, 2.05) is 0 Å². The summed E-state index contributed by atoms with van der Waals surface area (Å²) in [6, 6.07) is 4.67. The van der Waals surface area contributed by atoms with Crippen LogP contribution in [0.4, 0.5) is 4.39 Å². The molecule has 1 aromatic rings. The van der Waals surface area contributed by atoms with Crippen molar-refractivity contribution >= 4 is 27.5 Å². The van der Waals surface area contributed by atoms with Gasteiger partial charge in [-0.3, -0.25) is 0 Å². The van der Waals surface area contributed by atoms with E-state index in [1.165, 1.54) is 12.1 Å². The highest BCUT2D eigenvalue weighted by molar-refractivity contribution is 9.10. The van der Waals surface area contributed by atoms with Gasteiger partial charge in [-0.2, -0.15) is 0 Å². The first-order valence-corrected chi connectivity index (χ1v) is 5.93. The monoisotopic (exact) mass is 294 g/mol. The summed E-state index contributed by atoms with van der Waals surface area (Å²) in [4.78, 5) is 0. The van der Waals surface area contributed by atoms with Gasteiger partial charge in [-0.25, -0.2) is 4.39 Å². The van der Waals surface area contributed by atoms with Crippen LogP contribution in [0.15, 0.2) is 22.7 Å². The van der Waals surface area contributed by atoms with Crippen molar-refractivity contribution in [2.45, 2.75) is 18.2 Å². The van der Waals surface area contributed by atoms with Gasteiger partial charge in [-0.15, -0.1) is 11.6 Å². The van der Waals surface area contributed by atoms with Crippen LogP contribution < -0.4 is 0 Å². The van der Waals surface area contributed by atoms with Crippen LogP contribution in [0.1, 0.15) is 12.0 Å². The zero-order valence-electron chi connectivity index (χ0n) is 8.47. The van der Waals surface area contributed by atoms with E-state index < -0.39 is 0 Å². The van der Waals surface area contributed by atoms with Crippen molar-refractivity contribution in [2.75, 3.05) is 13.7 Å². The molecule has 1 unspecified atom stereocenters. The van der Waals surface area contributed by atoms with Crippen molar-refractivity contribution in [1.29, 1.82) is 0 Å². The second-order valence-corrected chi connectivity index (χ2v) is 4.80. The summed E-state index contributed by atoms with van der Waals surface area (Å²) < 4.78 is 18.8. The molecule has 1 nitrogen and oxygen atoms in total. The lowest BCUT2D eigenvalue weighted by Crippen LogP contribution is -2.08. The molecule has 0 aromatic heterocycles. The molecule has 1 rings (SSSR count). The Balaban J connectivity index is 2.53. The third kappa shape index (κ3) is 4.49. The van der Waals surface area contributed by atoms with Gasteiger partial charge < -0.3 is 4.74 Å². The van der Waals surface area contributed by atoms with E-state index in [0.29, 0.717) is 6.61 Å². The average Bonchev–Trinajstić information content (AvgIpc) is 2.20. The first kappa shape index (κ1) is 12.9. The number of hydrogen-bond donors (Lipinski definition) is 0. The molecule has 0 aliphatic heterocycles. The van der Waals surface area contributed by atoms with Crippen LogP contribution >= 0.6 is 27.5 Å². The van der Waals surface area contributed by atoms with E-state index >= 15 is 0 Å². The SMILES string of the molecule is COCC(Cl)CCc1cc(F)ccc1Br. The lowest BCUT2D eigenvalue weighted by molar-refractivity contribution is 0.195. The first-order valence-electron chi connectivity index (χ1n) is 4.70. The minimum Gasteiger partial charge on any atom is -0.383 e. The molecule has 1 aromatic carbocycles. The number of aryl methyl sites for hydroxylation is 1. The van der Waals surface area contributed by atoms with Gasteiger partial charge in [0.25, 0.3) is 0 Å². The largest absolute Gasteiger partial charge is 0.383 e. The molecule has 0 radical (unpaired) electrons. The van der Waals surface area contributed by atoms with Crippen LogP contribution in [0.5, 0.6) is 0 Å². The minimum atomic E-state index is -0.217. The fourth-order valence-corrected chi connectivity index (χ4v) is 1.99. The van der Waals surface area contributed by atoms with Crippen LogP contribution in [0.25, 0.3) is 0 Å². The van der Waals surface area contributed by atoms with E-state index in [4.69, 9.17) is 16.3 Å². The van der Waals surface area contributed by atoms with Gasteiger partial charge >= 0.3 is 0 Å². The van der Waals surface area contributed by atoms with Crippen LogP contribution in [0.2, 0.25) is 0 Å². The summed E-state index contributed by atoms with van der Waals surface area (Å²) in [5.41, 5.74) is 0.941. The summed E-state index contributed by atoms with van der Waals surface area (Å²) in [5, 5.41) is -0.0230. The fraction of sp³-hybridized carbons (Fsp3) is 0.455. The Morgan fingerprint density at radius 1 is 1.53 bits per heavy atom. The van der Waals surface area contributed by atoms with Crippen molar-refractivity contribution < 1.29 is 9.13 Å². The van der Waals surface area contributed by atoms with Gasteiger partial charge in [0.2, 0.25) is 0 Å².